The minimum Gasteiger partial charge on any atom is -0.317 e. The number of nitrogens with zero attached hydrogens (tertiary/aromatic N) is 2. The van der Waals surface area contributed by atoms with Crippen molar-refractivity contribution in [3.05, 3.63) is 16.1 Å². The summed E-state index contributed by atoms with van der Waals surface area (Å²) in [4.78, 5) is 8.78. The highest BCUT2D eigenvalue weighted by atomic mass is 32.1. The third-order valence-electron chi connectivity index (χ3n) is 4.80. The van der Waals surface area contributed by atoms with E-state index in [9.17, 15) is 0 Å². The first-order valence-electron chi connectivity index (χ1n) is 7.66. The predicted molar refractivity (Wildman–Crippen MR) is 80.5 cm³/mol. The second-order valence-electron chi connectivity index (χ2n) is 5.94. The van der Waals surface area contributed by atoms with Gasteiger partial charge in [-0.1, -0.05) is 13.3 Å². The first-order chi connectivity index (χ1) is 9.30. The van der Waals surface area contributed by atoms with Crippen LogP contribution < -0.4 is 5.32 Å². The fourth-order valence-electron chi connectivity index (χ4n) is 3.71. The molecule has 3 nitrogen and oxygen atoms in total. The van der Waals surface area contributed by atoms with Crippen LogP contribution in [0, 0.1) is 0 Å². The smallest absolute Gasteiger partial charge is 0.107 e. The Kier molecular flexibility index (Phi) is 4.20. The molecule has 2 atom stereocenters. The van der Waals surface area contributed by atoms with Crippen LogP contribution in [0.5, 0.6) is 0 Å². The van der Waals surface area contributed by atoms with Crippen LogP contribution in [0.2, 0.25) is 0 Å². The minimum absolute atomic E-state index is 0.731. The van der Waals surface area contributed by atoms with E-state index in [2.05, 4.69) is 35.4 Å². The van der Waals surface area contributed by atoms with Gasteiger partial charge in [0.05, 0.1) is 6.54 Å². The molecule has 0 spiro atoms. The van der Waals surface area contributed by atoms with Crippen molar-refractivity contribution < 1.29 is 0 Å². The summed E-state index contributed by atoms with van der Waals surface area (Å²) in [6.07, 6.45) is 9.99. The average Bonchev–Trinajstić information content (AvgIpc) is 2.86. The van der Waals surface area contributed by atoms with E-state index in [-0.39, 0.29) is 0 Å². The number of hydrogen-bond donors (Lipinski definition) is 1. The Morgan fingerprint density at radius 3 is 2.68 bits per heavy atom. The normalized spacial score (nSPS) is 31.6. The van der Waals surface area contributed by atoms with Crippen molar-refractivity contribution in [2.24, 2.45) is 0 Å². The Bertz CT molecular complexity index is 403. The minimum atomic E-state index is 0.731. The second kappa shape index (κ2) is 5.90. The maximum Gasteiger partial charge on any atom is 0.107 e. The molecule has 1 aromatic rings. The van der Waals surface area contributed by atoms with E-state index in [1.807, 2.05) is 11.3 Å². The SMILES string of the molecule is CCc1cnc(CN2C3CCCC2CC(NC)C3)s1. The van der Waals surface area contributed by atoms with Crippen molar-refractivity contribution in [3.8, 4) is 0 Å². The topological polar surface area (TPSA) is 28.2 Å². The molecule has 0 aliphatic carbocycles. The number of hydrogen-bond acceptors (Lipinski definition) is 4. The monoisotopic (exact) mass is 279 g/mol. The molecule has 3 rings (SSSR count). The van der Waals surface area contributed by atoms with Crippen molar-refractivity contribution >= 4 is 11.3 Å². The van der Waals surface area contributed by atoms with E-state index in [0.29, 0.717) is 0 Å². The fourth-order valence-corrected chi connectivity index (χ4v) is 4.58. The quantitative estimate of drug-likeness (QED) is 0.918. The van der Waals surface area contributed by atoms with Crippen molar-refractivity contribution in [1.82, 2.24) is 15.2 Å². The van der Waals surface area contributed by atoms with Crippen molar-refractivity contribution in [1.29, 1.82) is 0 Å². The number of aryl methyl sites for hydroxylation is 1. The number of fused-ring (bicyclic) bond motifs is 2. The number of aromatic nitrogens is 1. The molecule has 1 aromatic heterocycles. The zero-order valence-electron chi connectivity index (χ0n) is 12.1. The first kappa shape index (κ1) is 13.5. The molecule has 0 radical (unpaired) electrons. The van der Waals surface area contributed by atoms with Crippen LogP contribution in [0.3, 0.4) is 0 Å². The van der Waals surface area contributed by atoms with Gasteiger partial charge in [-0.25, -0.2) is 4.98 Å². The molecule has 2 fully saturated rings. The van der Waals surface area contributed by atoms with Gasteiger partial charge < -0.3 is 5.32 Å². The molecule has 0 amide bonds. The van der Waals surface area contributed by atoms with Gasteiger partial charge in [0.2, 0.25) is 0 Å². The maximum atomic E-state index is 4.61. The lowest BCUT2D eigenvalue weighted by Gasteiger charge is -2.48. The lowest BCUT2D eigenvalue weighted by molar-refractivity contribution is 0.0190. The van der Waals surface area contributed by atoms with Gasteiger partial charge in [0.15, 0.2) is 0 Å². The second-order valence-corrected chi connectivity index (χ2v) is 7.14. The van der Waals surface area contributed by atoms with Crippen LogP contribution >= 0.6 is 11.3 Å². The third kappa shape index (κ3) is 2.86. The molecule has 2 bridgehead atoms. The average molecular weight is 279 g/mol. The van der Waals surface area contributed by atoms with E-state index in [1.54, 1.807) is 0 Å². The molecule has 3 heterocycles. The van der Waals surface area contributed by atoms with Crippen molar-refractivity contribution in [3.63, 3.8) is 0 Å². The summed E-state index contributed by atoms with van der Waals surface area (Å²) in [5.74, 6) is 0. The van der Waals surface area contributed by atoms with Gasteiger partial charge >= 0.3 is 0 Å². The summed E-state index contributed by atoms with van der Waals surface area (Å²) in [6.45, 7) is 3.29. The lowest BCUT2D eigenvalue weighted by Crippen LogP contribution is -2.55. The van der Waals surface area contributed by atoms with Crippen LogP contribution in [0.1, 0.15) is 48.9 Å². The van der Waals surface area contributed by atoms with Gasteiger partial charge in [-0.15, -0.1) is 11.3 Å². The molecule has 0 aromatic carbocycles. The fraction of sp³-hybridized carbons (Fsp3) is 0.800. The molecular formula is C15H25N3S. The first-order valence-corrected chi connectivity index (χ1v) is 8.48. The highest BCUT2D eigenvalue weighted by molar-refractivity contribution is 7.11. The van der Waals surface area contributed by atoms with Gasteiger partial charge in [0.25, 0.3) is 0 Å². The van der Waals surface area contributed by atoms with Gasteiger partial charge in [-0.05, 0) is 39.2 Å². The summed E-state index contributed by atoms with van der Waals surface area (Å²) in [7, 11) is 2.12. The van der Waals surface area contributed by atoms with E-state index in [4.69, 9.17) is 0 Å². The third-order valence-corrected chi connectivity index (χ3v) is 5.93. The van der Waals surface area contributed by atoms with E-state index < -0.39 is 0 Å². The van der Waals surface area contributed by atoms with Crippen LogP contribution in [0.25, 0.3) is 0 Å². The summed E-state index contributed by atoms with van der Waals surface area (Å²) in [5.41, 5.74) is 0. The largest absolute Gasteiger partial charge is 0.317 e. The molecule has 2 aliphatic rings. The number of rotatable bonds is 4. The Morgan fingerprint density at radius 2 is 2.11 bits per heavy atom. The summed E-state index contributed by atoms with van der Waals surface area (Å²) < 4.78 is 0. The molecule has 2 saturated heterocycles. The zero-order chi connectivity index (χ0) is 13.2. The van der Waals surface area contributed by atoms with Crippen LogP contribution in [0.15, 0.2) is 6.20 Å². The Morgan fingerprint density at radius 1 is 1.37 bits per heavy atom. The summed E-state index contributed by atoms with van der Waals surface area (Å²) in [6, 6.07) is 2.28. The van der Waals surface area contributed by atoms with Crippen LogP contribution in [0.4, 0.5) is 0 Å². The predicted octanol–water partition coefficient (Wildman–Crippen LogP) is 2.81. The Labute approximate surface area is 120 Å². The van der Waals surface area contributed by atoms with E-state index in [1.165, 1.54) is 42.0 Å². The number of piperidine rings is 2. The number of nitrogens with one attached hydrogen (secondary N) is 1. The van der Waals surface area contributed by atoms with Gasteiger partial charge in [0.1, 0.15) is 5.01 Å². The molecular weight excluding hydrogens is 254 g/mol. The maximum absolute atomic E-state index is 4.61. The van der Waals surface area contributed by atoms with Gasteiger partial charge in [-0.3, -0.25) is 4.90 Å². The lowest BCUT2D eigenvalue weighted by atomic mass is 9.82. The molecule has 2 aliphatic heterocycles. The number of thiazole rings is 1. The summed E-state index contributed by atoms with van der Waals surface area (Å²) >= 11 is 1.90. The standard InChI is InChI=1S/C15H25N3S/c1-3-14-9-17-15(19-14)10-18-12-5-4-6-13(18)8-11(7-12)16-2/h9,11-13,16H,3-8,10H2,1-2H3. The molecule has 2 unspecified atom stereocenters. The molecule has 0 saturated carbocycles. The van der Waals surface area contributed by atoms with Crippen LogP contribution in [-0.2, 0) is 13.0 Å². The van der Waals surface area contributed by atoms with Crippen LogP contribution in [-0.4, -0.2) is 35.1 Å². The van der Waals surface area contributed by atoms with Gasteiger partial charge in [0, 0.05) is 29.2 Å². The van der Waals surface area contributed by atoms with Crippen molar-refractivity contribution in [2.75, 3.05) is 7.05 Å². The van der Waals surface area contributed by atoms with Crippen molar-refractivity contribution in [2.45, 2.75) is 70.1 Å². The van der Waals surface area contributed by atoms with E-state index in [0.717, 1.165) is 31.1 Å². The van der Waals surface area contributed by atoms with Gasteiger partial charge in [-0.2, -0.15) is 0 Å². The highest BCUT2D eigenvalue weighted by Crippen LogP contribution is 2.35. The Balaban J connectivity index is 1.70. The Hall–Kier alpha value is -0.450. The zero-order valence-corrected chi connectivity index (χ0v) is 12.9. The molecule has 106 valence electrons. The highest BCUT2D eigenvalue weighted by Gasteiger charge is 2.37. The van der Waals surface area contributed by atoms with E-state index >= 15 is 0 Å². The molecule has 19 heavy (non-hydrogen) atoms. The molecule has 1 N–H and O–H groups in total. The molecule has 4 heteroatoms. The summed E-state index contributed by atoms with van der Waals surface area (Å²) in [5, 5.41) is 4.81.